The predicted octanol–water partition coefficient (Wildman–Crippen LogP) is 4.97. The number of carbonyl (C=O) groups is 1. The molecule has 0 aliphatic rings. The number of ether oxygens (including phenoxy) is 1. The molecule has 6 nitrogen and oxygen atoms in total. The Labute approximate surface area is 166 Å². The summed E-state index contributed by atoms with van der Waals surface area (Å²) >= 11 is 1.62. The van der Waals surface area contributed by atoms with E-state index in [-0.39, 0.29) is 5.91 Å². The number of hydrogen-bond acceptors (Lipinski definition) is 6. The molecule has 142 valence electrons. The first-order valence-corrected chi connectivity index (χ1v) is 9.60. The minimum Gasteiger partial charge on any atom is -0.380 e. The Kier molecular flexibility index (Phi) is 4.93. The third-order valence-corrected chi connectivity index (χ3v) is 5.44. The van der Waals surface area contributed by atoms with Gasteiger partial charge in [-0.05, 0) is 38.1 Å². The van der Waals surface area contributed by atoms with E-state index < -0.39 is 0 Å². The lowest BCUT2D eigenvalue weighted by atomic mass is 10.1. The van der Waals surface area contributed by atoms with Crippen molar-refractivity contribution in [2.45, 2.75) is 20.5 Å². The summed E-state index contributed by atoms with van der Waals surface area (Å²) in [5.74, 6) is -0.239. The highest BCUT2D eigenvalue weighted by Gasteiger charge is 2.20. The molecule has 0 aliphatic heterocycles. The number of para-hydroxylation sites is 1. The summed E-state index contributed by atoms with van der Waals surface area (Å²) in [5, 5.41) is 7.61. The monoisotopic (exact) mass is 393 g/mol. The zero-order chi connectivity index (χ0) is 19.7. The van der Waals surface area contributed by atoms with Crippen LogP contribution in [0.15, 0.2) is 47.0 Å². The average molecular weight is 393 g/mol. The number of anilines is 1. The highest BCUT2D eigenvalue weighted by molar-refractivity contribution is 7.15. The van der Waals surface area contributed by atoms with Crippen LogP contribution in [0.5, 0.6) is 0 Å². The summed E-state index contributed by atoms with van der Waals surface area (Å²) in [6, 6.07) is 13.4. The van der Waals surface area contributed by atoms with Crippen molar-refractivity contribution in [3.05, 3.63) is 64.2 Å². The molecule has 0 fully saturated rings. The molecule has 0 bridgehead atoms. The van der Waals surface area contributed by atoms with Crippen molar-refractivity contribution in [1.82, 2.24) is 10.1 Å². The molecule has 0 spiro atoms. The van der Waals surface area contributed by atoms with Gasteiger partial charge in [-0.15, -0.1) is 11.3 Å². The Morgan fingerprint density at radius 1 is 1.21 bits per heavy atom. The maximum atomic E-state index is 13.2. The van der Waals surface area contributed by atoms with Crippen molar-refractivity contribution in [3.8, 4) is 10.6 Å². The van der Waals surface area contributed by atoms with Crippen LogP contribution < -0.4 is 5.32 Å². The van der Waals surface area contributed by atoms with Crippen LogP contribution in [0.3, 0.4) is 0 Å². The van der Waals surface area contributed by atoms with Crippen molar-refractivity contribution in [2.75, 3.05) is 12.4 Å². The van der Waals surface area contributed by atoms with Crippen LogP contribution >= 0.6 is 11.3 Å². The van der Waals surface area contributed by atoms with Crippen molar-refractivity contribution in [3.63, 3.8) is 0 Å². The Morgan fingerprint density at radius 2 is 2.04 bits per heavy atom. The lowest BCUT2D eigenvalue weighted by molar-refractivity contribution is 0.102. The molecule has 1 amide bonds. The fourth-order valence-electron chi connectivity index (χ4n) is 3.09. The molecule has 1 N–H and O–H groups in total. The van der Waals surface area contributed by atoms with Gasteiger partial charge in [-0.2, -0.15) is 0 Å². The van der Waals surface area contributed by atoms with Crippen LogP contribution in [0.25, 0.3) is 21.7 Å². The van der Waals surface area contributed by atoms with Crippen molar-refractivity contribution in [2.24, 2.45) is 0 Å². The van der Waals surface area contributed by atoms with E-state index in [4.69, 9.17) is 9.26 Å². The number of nitrogens with zero attached hydrogens (tertiary/aromatic N) is 2. The van der Waals surface area contributed by atoms with Gasteiger partial charge in [-0.3, -0.25) is 4.79 Å². The van der Waals surface area contributed by atoms with Crippen molar-refractivity contribution >= 4 is 34.0 Å². The first kappa shape index (κ1) is 18.3. The van der Waals surface area contributed by atoms with E-state index in [0.29, 0.717) is 40.3 Å². The second kappa shape index (κ2) is 7.53. The Balaban J connectivity index is 1.79. The van der Waals surface area contributed by atoms with Gasteiger partial charge in [0.05, 0.1) is 33.8 Å². The summed E-state index contributed by atoms with van der Waals surface area (Å²) in [7, 11) is 1.63. The topological polar surface area (TPSA) is 77.2 Å². The summed E-state index contributed by atoms with van der Waals surface area (Å²) in [4.78, 5) is 19.9. The lowest BCUT2D eigenvalue weighted by Gasteiger charge is -2.11. The fourth-order valence-corrected chi connectivity index (χ4v) is 3.91. The van der Waals surface area contributed by atoms with Gasteiger partial charge < -0.3 is 14.6 Å². The van der Waals surface area contributed by atoms with Gasteiger partial charge in [0.2, 0.25) is 0 Å². The zero-order valence-corrected chi connectivity index (χ0v) is 16.6. The molecule has 0 saturated heterocycles. The molecule has 1 aromatic carbocycles. The van der Waals surface area contributed by atoms with Gasteiger partial charge in [-0.1, -0.05) is 23.4 Å². The van der Waals surface area contributed by atoms with Gasteiger partial charge in [-0.25, -0.2) is 4.98 Å². The molecule has 0 atom stereocenters. The van der Waals surface area contributed by atoms with E-state index in [1.807, 2.05) is 43.3 Å². The number of amides is 1. The lowest BCUT2D eigenvalue weighted by Crippen LogP contribution is -2.14. The normalized spacial score (nSPS) is 11.1. The SMILES string of the molecule is COCc1ccccc1NC(=O)c1cc(-c2ccc(C)s2)nc2onc(C)c12. The number of aromatic nitrogens is 2. The minimum atomic E-state index is -0.239. The zero-order valence-electron chi connectivity index (χ0n) is 15.8. The van der Waals surface area contributed by atoms with E-state index in [9.17, 15) is 4.79 Å². The number of pyridine rings is 1. The smallest absolute Gasteiger partial charge is 0.259 e. The summed E-state index contributed by atoms with van der Waals surface area (Å²) in [6.07, 6.45) is 0. The first-order valence-electron chi connectivity index (χ1n) is 8.79. The summed E-state index contributed by atoms with van der Waals surface area (Å²) < 4.78 is 10.6. The van der Waals surface area contributed by atoms with Crippen molar-refractivity contribution in [1.29, 1.82) is 0 Å². The maximum absolute atomic E-state index is 13.2. The van der Waals surface area contributed by atoms with Crippen LogP contribution in [0, 0.1) is 13.8 Å². The largest absolute Gasteiger partial charge is 0.380 e. The van der Waals surface area contributed by atoms with Crippen LogP contribution in [0.2, 0.25) is 0 Å². The molecule has 0 aliphatic carbocycles. The molecule has 3 heterocycles. The molecule has 4 rings (SSSR count). The average Bonchev–Trinajstić information content (AvgIpc) is 3.29. The van der Waals surface area contributed by atoms with Crippen molar-refractivity contribution < 1.29 is 14.1 Å². The van der Waals surface area contributed by atoms with Crippen LogP contribution in [0.1, 0.15) is 26.5 Å². The molecule has 7 heteroatoms. The number of carbonyl (C=O) groups excluding carboxylic acids is 1. The van der Waals surface area contributed by atoms with Crippen LogP contribution in [-0.2, 0) is 11.3 Å². The van der Waals surface area contributed by atoms with Crippen LogP contribution in [-0.4, -0.2) is 23.2 Å². The second-order valence-electron chi connectivity index (χ2n) is 6.46. The number of thiophene rings is 1. The molecule has 0 saturated carbocycles. The van der Waals surface area contributed by atoms with E-state index in [1.165, 1.54) is 4.88 Å². The third-order valence-electron chi connectivity index (χ3n) is 4.42. The number of hydrogen-bond donors (Lipinski definition) is 1. The number of fused-ring (bicyclic) bond motifs is 1. The molecule has 3 aromatic heterocycles. The minimum absolute atomic E-state index is 0.239. The van der Waals surface area contributed by atoms with Gasteiger partial charge >= 0.3 is 0 Å². The first-order chi connectivity index (χ1) is 13.6. The third kappa shape index (κ3) is 3.42. The van der Waals surface area contributed by atoms with E-state index in [1.54, 1.807) is 31.4 Å². The number of methoxy groups -OCH3 is 1. The molecule has 0 unspecified atom stereocenters. The van der Waals surface area contributed by atoms with Gasteiger partial charge in [0, 0.05) is 23.2 Å². The van der Waals surface area contributed by atoms with Crippen LogP contribution in [0.4, 0.5) is 5.69 Å². The number of benzene rings is 1. The number of aryl methyl sites for hydroxylation is 2. The number of nitrogens with one attached hydrogen (secondary N) is 1. The highest BCUT2D eigenvalue weighted by Crippen LogP contribution is 2.31. The van der Waals surface area contributed by atoms with E-state index in [2.05, 4.69) is 15.5 Å². The maximum Gasteiger partial charge on any atom is 0.259 e. The molecular formula is C21H19N3O3S. The molecule has 28 heavy (non-hydrogen) atoms. The predicted molar refractivity (Wildman–Crippen MR) is 110 cm³/mol. The molecule has 0 radical (unpaired) electrons. The Hall–Kier alpha value is -3.03. The Morgan fingerprint density at radius 3 is 2.79 bits per heavy atom. The summed E-state index contributed by atoms with van der Waals surface area (Å²) in [6.45, 7) is 4.25. The highest BCUT2D eigenvalue weighted by atomic mass is 32.1. The van der Waals surface area contributed by atoms with Gasteiger partial charge in [0.15, 0.2) is 0 Å². The quantitative estimate of drug-likeness (QED) is 0.518. The molecule has 4 aromatic rings. The standard InChI is InChI=1S/C21H19N3O3S/c1-12-8-9-18(28-12)17-10-15(19-13(2)24-27-21(19)23-17)20(25)22-16-7-5-4-6-14(16)11-26-3/h4-10H,11H2,1-3H3,(H,22,25). The Bertz CT molecular complexity index is 1160. The summed E-state index contributed by atoms with van der Waals surface area (Å²) in [5.41, 5.74) is 3.78. The number of rotatable bonds is 5. The van der Waals surface area contributed by atoms with Gasteiger partial charge in [0.25, 0.3) is 11.6 Å². The fraction of sp³-hybridized carbons (Fsp3) is 0.190. The molecular weight excluding hydrogens is 374 g/mol. The second-order valence-corrected chi connectivity index (χ2v) is 7.75. The van der Waals surface area contributed by atoms with E-state index in [0.717, 1.165) is 10.4 Å². The van der Waals surface area contributed by atoms with E-state index >= 15 is 0 Å². The van der Waals surface area contributed by atoms with Gasteiger partial charge in [0.1, 0.15) is 0 Å².